The molecule has 0 N–H and O–H groups in total. The van der Waals surface area contributed by atoms with E-state index in [9.17, 15) is 0 Å². The van der Waals surface area contributed by atoms with Crippen molar-refractivity contribution in [3.8, 4) is 0 Å². The van der Waals surface area contributed by atoms with Crippen molar-refractivity contribution < 1.29 is 9.47 Å². The van der Waals surface area contributed by atoms with Gasteiger partial charge in [0.1, 0.15) is 5.82 Å². The van der Waals surface area contributed by atoms with Crippen molar-refractivity contribution in [1.82, 2.24) is 4.98 Å². The van der Waals surface area contributed by atoms with Crippen LogP contribution in [-0.2, 0) is 15.9 Å². The normalized spacial score (nSPS) is 16.4. The van der Waals surface area contributed by atoms with Gasteiger partial charge in [0, 0.05) is 26.2 Å². The van der Waals surface area contributed by atoms with Gasteiger partial charge in [-0.2, -0.15) is 0 Å². The second kappa shape index (κ2) is 5.98. The molecule has 0 unspecified atom stereocenters. The fourth-order valence-electron chi connectivity index (χ4n) is 1.84. The molecule has 1 aliphatic rings. The van der Waals surface area contributed by atoms with E-state index in [4.69, 9.17) is 9.47 Å². The molecule has 2 heterocycles. The second-order valence-electron chi connectivity index (χ2n) is 4.26. The summed E-state index contributed by atoms with van der Waals surface area (Å²) in [6, 6.07) is 4.19. The molecule has 4 heteroatoms. The summed E-state index contributed by atoms with van der Waals surface area (Å²) in [5, 5.41) is 0. The fourth-order valence-corrected chi connectivity index (χ4v) is 1.84. The van der Waals surface area contributed by atoms with Crippen LogP contribution in [0.15, 0.2) is 18.3 Å². The van der Waals surface area contributed by atoms with Crippen LogP contribution >= 0.6 is 0 Å². The minimum Gasteiger partial charge on any atom is -0.359 e. The molecule has 0 aliphatic carbocycles. The predicted octanol–water partition coefficient (Wildman–Crippen LogP) is 1.84. The Bertz CT molecular complexity index is 334. The molecular weight excluding hydrogens is 216 g/mol. The highest BCUT2D eigenvalue weighted by Gasteiger charge is 2.16. The van der Waals surface area contributed by atoms with E-state index in [0.717, 1.165) is 38.4 Å². The molecular formula is C13H20N2O2. The molecule has 2 rings (SSSR count). The smallest absolute Gasteiger partial charge is 0.159 e. The molecule has 0 atom stereocenters. The first-order valence-corrected chi connectivity index (χ1v) is 6.19. The zero-order valence-electron chi connectivity index (χ0n) is 10.6. The average molecular weight is 236 g/mol. The fraction of sp³-hybridized carbons (Fsp3) is 0.615. The van der Waals surface area contributed by atoms with E-state index in [1.165, 1.54) is 5.56 Å². The Morgan fingerprint density at radius 3 is 2.71 bits per heavy atom. The summed E-state index contributed by atoms with van der Waals surface area (Å²) >= 11 is 0. The van der Waals surface area contributed by atoms with Gasteiger partial charge >= 0.3 is 0 Å². The van der Waals surface area contributed by atoms with E-state index in [-0.39, 0.29) is 6.29 Å². The second-order valence-corrected chi connectivity index (χ2v) is 4.26. The van der Waals surface area contributed by atoms with Crippen LogP contribution < -0.4 is 4.90 Å². The highest BCUT2D eigenvalue weighted by atomic mass is 16.7. The molecule has 1 saturated heterocycles. The Labute approximate surface area is 103 Å². The number of nitrogens with zero attached hydrogens (tertiary/aromatic N) is 2. The quantitative estimate of drug-likeness (QED) is 0.781. The topological polar surface area (TPSA) is 34.6 Å². The van der Waals surface area contributed by atoms with Gasteiger partial charge in [0.25, 0.3) is 0 Å². The highest BCUT2D eigenvalue weighted by molar-refractivity contribution is 5.38. The first-order valence-electron chi connectivity index (χ1n) is 6.19. The van der Waals surface area contributed by atoms with E-state index in [0.29, 0.717) is 0 Å². The summed E-state index contributed by atoms with van der Waals surface area (Å²) in [5.41, 5.74) is 1.27. The van der Waals surface area contributed by atoms with Gasteiger partial charge in [0.15, 0.2) is 6.29 Å². The van der Waals surface area contributed by atoms with Crippen molar-refractivity contribution in [3.63, 3.8) is 0 Å². The molecule has 0 spiro atoms. The lowest BCUT2D eigenvalue weighted by atomic mass is 10.2. The molecule has 1 aromatic heterocycles. The minimum atomic E-state index is -0.0348. The molecule has 0 bridgehead atoms. The van der Waals surface area contributed by atoms with Crippen LogP contribution in [-0.4, -0.2) is 38.1 Å². The standard InChI is InChI=1S/C13H20N2O2/c1-3-11-4-5-12(14-10-11)15(2)7-6-13-16-8-9-17-13/h4-5,10,13H,3,6-9H2,1-2H3. The monoisotopic (exact) mass is 236 g/mol. The average Bonchev–Trinajstić information content (AvgIpc) is 2.89. The van der Waals surface area contributed by atoms with Gasteiger partial charge in [-0.15, -0.1) is 0 Å². The summed E-state index contributed by atoms with van der Waals surface area (Å²) in [6.07, 6.45) is 3.82. The van der Waals surface area contributed by atoms with Crippen molar-refractivity contribution in [1.29, 1.82) is 0 Å². The summed E-state index contributed by atoms with van der Waals surface area (Å²) in [7, 11) is 2.04. The van der Waals surface area contributed by atoms with Gasteiger partial charge in [-0.25, -0.2) is 4.98 Å². The van der Waals surface area contributed by atoms with E-state index in [1.54, 1.807) is 0 Å². The van der Waals surface area contributed by atoms with Gasteiger partial charge in [-0.05, 0) is 18.1 Å². The third-order valence-electron chi connectivity index (χ3n) is 3.00. The van der Waals surface area contributed by atoms with Gasteiger partial charge in [0.2, 0.25) is 0 Å². The Morgan fingerprint density at radius 2 is 2.12 bits per heavy atom. The van der Waals surface area contributed by atoms with Crippen LogP contribution in [0.1, 0.15) is 18.9 Å². The molecule has 17 heavy (non-hydrogen) atoms. The zero-order chi connectivity index (χ0) is 12.1. The number of aromatic nitrogens is 1. The number of rotatable bonds is 5. The largest absolute Gasteiger partial charge is 0.359 e. The van der Waals surface area contributed by atoms with Gasteiger partial charge < -0.3 is 14.4 Å². The van der Waals surface area contributed by atoms with Gasteiger partial charge in [-0.1, -0.05) is 13.0 Å². The predicted molar refractivity (Wildman–Crippen MR) is 67.2 cm³/mol. The molecule has 0 radical (unpaired) electrons. The Balaban J connectivity index is 1.83. The third-order valence-corrected chi connectivity index (χ3v) is 3.00. The lowest BCUT2D eigenvalue weighted by molar-refractivity contribution is -0.0447. The molecule has 94 valence electrons. The van der Waals surface area contributed by atoms with Crippen molar-refractivity contribution in [2.24, 2.45) is 0 Å². The maximum absolute atomic E-state index is 5.41. The van der Waals surface area contributed by atoms with E-state index in [1.807, 2.05) is 13.2 Å². The van der Waals surface area contributed by atoms with Crippen molar-refractivity contribution in [3.05, 3.63) is 23.9 Å². The zero-order valence-corrected chi connectivity index (χ0v) is 10.6. The molecule has 1 aromatic rings. The number of ether oxygens (including phenoxy) is 2. The van der Waals surface area contributed by atoms with Crippen molar-refractivity contribution >= 4 is 5.82 Å². The van der Waals surface area contributed by atoms with Crippen LogP contribution in [0.5, 0.6) is 0 Å². The molecule has 0 amide bonds. The van der Waals surface area contributed by atoms with Crippen LogP contribution in [0, 0.1) is 0 Å². The highest BCUT2D eigenvalue weighted by Crippen LogP contribution is 2.13. The Morgan fingerprint density at radius 1 is 1.35 bits per heavy atom. The summed E-state index contributed by atoms with van der Waals surface area (Å²) in [5.74, 6) is 1.00. The molecule has 1 fully saturated rings. The number of aryl methyl sites for hydroxylation is 1. The third kappa shape index (κ3) is 3.41. The number of hydrogen-bond acceptors (Lipinski definition) is 4. The number of anilines is 1. The van der Waals surface area contributed by atoms with Gasteiger partial charge in [-0.3, -0.25) is 0 Å². The molecule has 0 aromatic carbocycles. The van der Waals surface area contributed by atoms with E-state index in [2.05, 4.69) is 28.9 Å². The lowest BCUT2D eigenvalue weighted by Crippen LogP contribution is -2.24. The van der Waals surface area contributed by atoms with Crippen molar-refractivity contribution in [2.75, 3.05) is 31.7 Å². The van der Waals surface area contributed by atoms with Crippen LogP contribution in [0.2, 0.25) is 0 Å². The van der Waals surface area contributed by atoms with Crippen molar-refractivity contribution in [2.45, 2.75) is 26.1 Å². The maximum Gasteiger partial charge on any atom is 0.159 e. The number of hydrogen-bond donors (Lipinski definition) is 0. The van der Waals surface area contributed by atoms with E-state index < -0.39 is 0 Å². The first kappa shape index (κ1) is 12.3. The summed E-state index contributed by atoms with van der Waals surface area (Å²) in [6.45, 7) is 4.47. The van der Waals surface area contributed by atoms with E-state index >= 15 is 0 Å². The van der Waals surface area contributed by atoms with Crippen LogP contribution in [0.3, 0.4) is 0 Å². The maximum atomic E-state index is 5.41. The molecule has 4 nitrogen and oxygen atoms in total. The van der Waals surface area contributed by atoms with Gasteiger partial charge in [0.05, 0.1) is 13.2 Å². The SMILES string of the molecule is CCc1ccc(N(C)CCC2OCCO2)nc1. The first-order chi connectivity index (χ1) is 8.29. The number of pyridine rings is 1. The molecule has 0 saturated carbocycles. The molecule has 1 aliphatic heterocycles. The lowest BCUT2D eigenvalue weighted by Gasteiger charge is -2.19. The Kier molecular flexibility index (Phi) is 4.34. The summed E-state index contributed by atoms with van der Waals surface area (Å²) in [4.78, 5) is 6.57. The van der Waals surface area contributed by atoms with Crippen LogP contribution in [0.25, 0.3) is 0 Å². The van der Waals surface area contributed by atoms with Crippen LogP contribution in [0.4, 0.5) is 5.82 Å². The minimum absolute atomic E-state index is 0.0348. The Hall–Kier alpha value is -1.13. The summed E-state index contributed by atoms with van der Waals surface area (Å²) < 4.78 is 10.8.